The third kappa shape index (κ3) is 2.50. The molecule has 1 N–H and O–H groups in total. The van der Waals surface area contributed by atoms with Gasteiger partial charge in [0, 0.05) is 31.4 Å². The van der Waals surface area contributed by atoms with Crippen LogP contribution in [0.25, 0.3) is 0 Å². The number of carbonyl (C=O) groups excluding carboxylic acids is 1. The Morgan fingerprint density at radius 3 is 2.81 bits per heavy atom. The maximum atomic E-state index is 12.4. The number of amides is 1. The van der Waals surface area contributed by atoms with Gasteiger partial charge in [-0.1, -0.05) is 18.2 Å². The SMILES string of the molecule is O=C(O)c1cccc2c1C(=O)N(CCc1ccccn1)C2. The van der Waals surface area contributed by atoms with E-state index in [4.69, 9.17) is 0 Å². The number of aromatic carboxylic acids is 1. The van der Waals surface area contributed by atoms with Gasteiger partial charge in [-0.3, -0.25) is 9.78 Å². The van der Waals surface area contributed by atoms with Crippen molar-refractivity contribution in [2.45, 2.75) is 13.0 Å². The predicted molar refractivity (Wildman–Crippen MR) is 76.1 cm³/mol. The highest BCUT2D eigenvalue weighted by atomic mass is 16.4. The van der Waals surface area contributed by atoms with Gasteiger partial charge in [-0.2, -0.15) is 0 Å². The molecule has 0 bridgehead atoms. The van der Waals surface area contributed by atoms with E-state index in [1.165, 1.54) is 6.07 Å². The van der Waals surface area contributed by atoms with Crippen molar-refractivity contribution in [3.8, 4) is 0 Å². The first kappa shape index (κ1) is 13.3. The Balaban J connectivity index is 1.78. The molecule has 0 saturated heterocycles. The van der Waals surface area contributed by atoms with Crippen LogP contribution in [0.2, 0.25) is 0 Å². The molecule has 21 heavy (non-hydrogen) atoms. The number of pyridine rings is 1. The molecular formula is C16H14N2O3. The van der Waals surface area contributed by atoms with Crippen molar-refractivity contribution in [2.24, 2.45) is 0 Å². The molecule has 0 unspecified atom stereocenters. The summed E-state index contributed by atoms with van der Waals surface area (Å²) >= 11 is 0. The Hall–Kier alpha value is -2.69. The quantitative estimate of drug-likeness (QED) is 0.930. The summed E-state index contributed by atoms with van der Waals surface area (Å²) in [7, 11) is 0. The maximum absolute atomic E-state index is 12.4. The van der Waals surface area contributed by atoms with Crippen LogP contribution in [0.5, 0.6) is 0 Å². The molecule has 1 amide bonds. The number of rotatable bonds is 4. The highest BCUT2D eigenvalue weighted by Crippen LogP contribution is 2.26. The monoisotopic (exact) mass is 282 g/mol. The Morgan fingerprint density at radius 2 is 2.10 bits per heavy atom. The fraction of sp³-hybridized carbons (Fsp3) is 0.188. The van der Waals surface area contributed by atoms with E-state index in [9.17, 15) is 14.7 Å². The van der Waals surface area contributed by atoms with Crippen molar-refractivity contribution in [1.29, 1.82) is 0 Å². The fourth-order valence-corrected chi connectivity index (χ4v) is 2.57. The molecule has 0 spiro atoms. The van der Waals surface area contributed by atoms with Gasteiger partial charge in [0.15, 0.2) is 0 Å². The van der Waals surface area contributed by atoms with Crippen molar-refractivity contribution in [3.63, 3.8) is 0 Å². The minimum absolute atomic E-state index is 0.0813. The van der Waals surface area contributed by atoms with E-state index in [2.05, 4.69) is 4.98 Å². The van der Waals surface area contributed by atoms with E-state index in [0.717, 1.165) is 11.3 Å². The molecule has 1 aromatic heterocycles. The van der Waals surface area contributed by atoms with E-state index >= 15 is 0 Å². The smallest absolute Gasteiger partial charge is 0.336 e. The molecule has 2 heterocycles. The van der Waals surface area contributed by atoms with Crippen LogP contribution in [0.1, 0.15) is 32.0 Å². The minimum Gasteiger partial charge on any atom is -0.478 e. The highest BCUT2D eigenvalue weighted by Gasteiger charge is 2.31. The number of carboxylic acids is 1. The summed E-state index contributed by atoms with van der Waals surface area (Å²) in [5.41, 5.74) is 2.10. The molecule has 1 aliphatic heterocycles. The summed E-state index contributed by atoms with van der Waals surface area (Å²) in [4.78, 5) is 29.5. The van der Waals surface area contributed by atoms with E-state index in [0.29, 0.717) is 25.1 Å². The standard InChI is InChI=1S/C16H14N2O3/c19-15-14-11(4-3-6-13(14)16(20)21)10-18(15)9-7-12-5-1-2-8-17-12/h1-6,8H,7,9-10H2,(H,20,21). The number of nitrogens with zero attached hydrogens (tertiary/aromatic N) is 2. The van der Waals surface area contributed by atoms with E-state index in [-0.39, 0.29) is 11.5 Å². The van der Waals surface area contributed by atoms with Gasteiger partial charge in [0.1, 0.15) is 0 Å². The molecule has 0 atom stereocenters. The summed E-state index contributed by atoms with van der Waals surface area (Å²) in [6.45, 7) is 0.992. The van der Waals surface area contributed by atoms with Crippen molar-refractivity contribution >= 4 is 11.9 Å². The molecule has 106 valence electrons. The third-order valence-corrected chi connectivity index (χ3v) is 3.61. The number of aromatic nitrogens is 1. The molecule has 3 rings (SSSR count). The van der Waals surface area contributed by atoms with Gasteiger partial charge in [0.2, 0.25) is 0 Å². The second-order valence-corrected chi connectivity index (χ2v) is 4.94. The van der Waals surface area contributed by atoms with E-state index < -0.39 is 5.97 Å². The number of carboxylic acid groups (broad SMARTS) is 1. The molecule has 2 aromatic rings. The zero-order valence-corrected chi connectivity index (χ0v) is 11.3. The molecule has 0 saturated carbocycles. The van der Waals surface area contributed by atoms with Gasteiger partial charge in [0.05, 0.1) is 11.1 Å². The van der Waals surface area contributed by atoms with Crippen LogP contribution in [0, 0.1) is 0 Å². The van der Waals surface area contributed by atoms with E-state index in [1.807, 2.05) is 18.2 Å². The fourth-order valence-electron chi connectivity index (χ4n) is 2.57. The van der Waals surface area contributed by atoms with Crippen LogP contribution in [-0.2, 0) is 13.0 Å². The Morgan fingerprint density at radius 1 is 1.24 bits per heavy atom. The third-order valence-electron chi connectivity index (χ3n) is 3.61. The van der Waals surface area contributed by atoms with E-state index in [1.54, 1.807) is 23.2 Å². The molecule has 0 fully saturated rings. The van der Waals surface area contributed by atoms with Crippen LogP contribution < -0.4 is 0 Å². The molecule has 1 aromatic carbocycles. The first-order chi connectivity index (χ1) is 10.2. The molecule has 0 radical (unpaired) electrons. The summed E-state index contributed by atoms with van der Waals surface area (Å²) in [6, 6.07) is 10.6. The van der Waals surface area contributed by atoms with Crippen LogP contribution in [0.4, 0.5) is 0 Å². The summed E-state index contributed by atoms with van der Waals surface area (Å²) < 4.78 is 0. The van der Waals surface area contributed by atoms with Crippen LogP contribution in [0.15, 0.2) is 42.6 Å². The van der Waals surface area contributed by atoms with Gasteiger partial charge in [-0.05, 0) is 23.8 Å². The number of benzene rings is 1. The van der Waals surface area contributed by atoms with Gasteiger partial charge < -0.3 is 10.0 Å². The zero-order valence-electron chi connectivity index (χ0n) is 11.3. The van der Waals surface area contributed by atoms with Crippen molar-refractivity contribution in [3.05, 3.63) is 65.0 Å². The van der Waals surface area contributed by atoms with Crippen LogP contribution in [-0.4, -0.2) is 33.4 Å². The van der Waals surface area contributed by atoms with Gasteiger partial charge in [-0.25, -0.2) is 4.79 Å². The number of hydrogen-bond acceptors (Lipinski definition) is 3. The lowest BCUT2D eigenvalue weighted by molar-refractivity contribution is 0.0682. The van der Waals surface area contributed by atoms with Crippen LogP contribution >= 0.6 is 0 Å². The molecule has 1 aliphatic rings. The van der Waals surface area contributed by atoms with Crippen molar-refractivity contribution < 1.29 is 14.7 Å². The highest BCUT2D eigenvalue weighted by molar-refractivity contribution is 6.07. The maximum Gasteiger partial charge on any atom is 0.336 e. The lowest BCUT2D eigenvalue weighted by atomic mass is 10.0. The molecular weight excluding hydrogens is 268 g/mol. The minimum atomic E-state index is -1.06. The zero-order chi connectivity index (χ0) is 14.8. The number of fused-ring (bicyclic) bond motifs is 1. The topological polar surface area (TPSA) is 70.5 Å². The molecule has 5 heteroatoms. The second kappa shape index (κ2) is 5.36. The van der Waals surface area contributed by atoms with Gasteiger partial charge in [0.25, 0.3) is 5.91 Å². The first-order valence-corrected chi connectivity index (χ1v) is 6.71. The Kier molecular flexibility index (Phi) is 3.39. The van der Waals surface area contributed by atoms with Gasteiger partial charge >= 0.3 is 5.97 Å². The Labute approximate surface area is 121 Å². The molecule has 0 aliphatic carbocycles. The number of carbonyl (C=O) groups is 2. The summed E-state index contributed by atoms with van der Waals surface area (Å²) in [6.07, 6.45) is 2.38. The second-order valence-electron chi connectivity index (χ2n) is 4.94. The number of hydrogen-bond donors (Lipinski definition) is 1. The lowest BCUT2D eigenvalue weighted by Crippen LogP contribution is -2.27. The van der Waals surface area contributed by atoms with Crippen molar-refractivity contribution in [1.82, 2.24) is 9.88 Å². The largest absolute Gasteiger partial charge is 0.478 e. The average molecular weight is 282 g/mol. The predicted octanol–water partition coefficient (Wildman–Crippen LogP) is 1.98. The Bertz CT molecular complexity index is 698. The average Bonchev–Trinajstić information content (AvgIpc) is 2.83. The summed E-state index contributed by atoms with van der Waals surface area (Å²) in [5.74, 6) is -1.27. The molecule has 5 nitrogen and oxygen atoms in total. The summed E-state index contributed by atoms with van der Waals surface area (Å²) in [5, 5.41) is 9.18. The first-order valence-electron chi connectivity index (χ1n) is 6.71. The van der Waals surface area contributed by atoms with Crippen LogP contribution in [0.3, 0.4) is 0 Å². The lowest BCUT2D eigenvalue weighted by Gasteiger charge is -2.15. The van der Waals surface area contributed by atoms with Crippen molar-refractivity contribution in [2.75, 3.05) is 6.54 Å². The van der Waals surface area contributed by atoms with Gasteiger partial charge in [-0.15, -0.1) is 0 Å². The normalized spacial score (nSPS) is 13.3.